The fourth-order valence-electron chi connectivity index (χ4n) is 6.40. The number of allylic oxidation sites excluding steroid dienone is 2. The molecule has 10 nitrogen and oxygen atoms in total. The van der Waals surface area contributed by atoms with E-state index in [2.05, 4.69) is 28.8 Å². The van der Waals surface area contributed by atoms with Gasteiger partial charge in [0.25, 0.3) is 11.1 Å². The van der Waals surface area contributed by atoms with Gasteiger partial charge in [0.05, 0.1) is 21.8 Å². The van der Waals surface area contributed by atoms with Crippen LogP contribution < -0.4 is 21.8 Å². The molecule has 4 heterocycles. The van der Waals surface area contributed by atoms with E-state index in [9.17, 15) is 32.3 Å². The zero-order valence-electron chi connectivity index (χ0n) is 27.3. The molecule has 2 saturated heterocycles. The fourth-order valence-corrected chi connectivity index (χ4v) is 6.40. The first-order chi connectivity index (χ1) is 23.8. The Labute approximate surface area is 291 Å². The second-order valence-electron chi connectivity index (χ2n) is 12.3. The van der Waals surface area contributed by atoms with Crippen molar-refractivity contribution in [1.82, 2.24) is 29.7 Å². The van der Waals surface area contributed by atoms with Crippen LogP contribution in [0.25, 0.3) is 33.2 Å². The number of amides is 2. The first kappa shape index (κ1) is 36.4. The van der Waals surface area contributed by atoms with Crippen LogP contribution in [0, 0.1) is 13.8 Å². The van der Waals surface area contributed by atoms with Gasteiger partial charge >= 0.3 is 6.18 Å². The largest absolute Gasteiger partial charge is 0.449 e. The molecule has 0 saturated carbocycles. The summed E-state index contributed by atoms with van der Waals surface area (Å²) in [6, 6.07) is 17.8. The monoisotopic (exact) mass is 698 g/mol. The molecule has 13 heteroatoms. The number of piperidine rings is 2. The first-order valence-electron chi connectivity index (χ1n) is 15.9. The molecule has 5 aromatic rings. The van der Waals surface area contributed by atoms with Gasteiger partial charge in [-0.1, -0.05) is 75.2 Å². The summed E-state index contributed by atoms with van der Waals surface area (Å²) in [5.41, 5.74) is 2.84. The Morgan fingerprint density at radius 1 is 0.686 bits per heavy atom. The summed E-state index contributed by atoms with van der Waals surface area (Å²) in [5.74, 6) is -1.75. The lowest BCUT2D eigenvalue weighted by Gasteiger charge is -2.27. The topological polar surface area (TPSA) is 128 Å². The minimum Gasteiger partial charge on any atom is -0.329 e. The third-order valence-electron chi connectivity index (χ3n) is 8.83. The lowest BCUT2D eigenvalue weighted by molar-refractivity contribution is -0.149. The van der Waals surface area contributed by atoms with Crippen molar-refractivity contribution in [3.63, 3.8) is 0 Å². The maximum atomic E-state index is 13.4. The number of benzene rings is 3. The van der Waals surface area contributed by atoms with E-state index in [1.54, 1.807) is 17.6 Å². The summed E-state index contributed by atoms with van der Waals surface area (Å²) < 4.78 is 42.3. The summed E-state index contributed by atoms with van der Waals surface area (Å²) in [4.78, 5) is 59.3. The number of aryl methyl sites for hydroxylation is 2. The molecule has 0 spiro atoms. The summed E-state index contributed by atoms with van der Waals surface area (Å²) >= 11 is 0. The second kappa shape index (κ2) is 14.2. The Morgan fingerprint density at radius 2 is 1.16 bits per heavy atom. The van der Waals surface area contributed by atoms with Gasteiger partial charge in [-0.25, -0.2) is 9.97 Å². The number of halogens is 3. The molecule has 2 amide bonds. The minimum atomic E-state index is -4.86. The smallest absolute Gasteiger partial charge is 0.329 e. The van der Waals surface area contributed by atoms with Crippen LogP contribution in [0.4, 0.5) is 13.2 Å². The molecule has 7 rings (SSSR count). The number of fused-ring (bicyclic) bond motifs is 2. The molecule has 0 radical (unpaired) electrons. The Balaban J connectivity index is 0.000000195. The molecule has 2 N–H and O–H groups in total. The number of carbonyl (C=O) groups excluding carboxylic acids is 2. The number of hydrogen-bond donors (Lipinski definition) is 2. The number of alkyl halides is 3. The van der Waals surface area contributed by atoms with Crippen molar-refractivity contribution in [3.8, 4) is 11.4 Å². The number of carbonyl (C=O) groups is 2. The molecule has 2 aliphatic heterocycles. The fraction of sp³-hybridized carbons (Fsp3) is 0.263. The Kier molecular flexibility index (Phi) is 10.1. The van der Waals surface area contributed by atoms with E-state index in [-0.39, 0.29) is 36.2 Å². The molecule has 3 aromatic carbocycles. The second-order valence-corrected chi connectivity index (χ2v) is 12.3. The van der Waals surface area contributed by atoms with Crippen molar-refractivity contribution >= 4 is 33.6 Å². The number of rotatable bonds is 3. The third-order valence-corrected chi connectivity index (χ3v) is 8.83. The molecular formula is C38H37F3N6O4. The van der Waals surface area contributed by atoms with Crippen molar-refractivity contribution in [2.24, 2.45) is 0 Å². The van der Waals surface area contributed by atoms with Gasteiger partial charge in [0.1, 0.15) is 17.9 Å². The van der Waals surface area contributed by atoms with Crippen LogP contribution in [-0.4, -0.2) is 30.9 Å². The normalized spacial score (nSPS) is 17.7. The molecule has 0 aliphatic carbocycles. The number of hydrogen-bond acceptors (Lipinski definition) is 6. The van der Waals surface area contributed by atoms with Crippen molar-refractivity contribution in [2.75, 3.05) is 0 Å². The maximum Gasteiger partial charge on any atom is 0.449 e. The molecule has 2 atom stereocenters. The van der Waals surface area contributed by atoms with Crippen molar-refractivity contribution < 1.29 is 22.8 Å². The van der Waals surface area contributed by atoms with Crippen LogP contribution in [-0.2, 0) is 15.8 Å². The summed E-state index contributed by atoms with van der Waals surface area (Å²) in [7, 11) is 0. The van der Waals surface area contributed by atoms with Gasteiger partial charge in [-0.15, -0.1) is 0 Å². The number of nitrogens with one attached hydrogen (secondary N) is 2. The van der Waals surface area contributed by atoms with Gasteiger partial charge in [-0.2, -0.15) is 13.2 Å². The van der Waals surface area contributed by atoms with Gasteiger partial charge < -0.3 is 10.6 Å². The quantitative estimate of drug-likeness (QED) is 0.217. The van der Waals surface area contributed by atoms with Crippen molar-refractivity contribution in [3.05, 3.63) is 129 Å². The Bertz CT molecular complexity index is 2330. The van der Waals surface area contributed by atoms with E-state index >= 15 is 0 Å². The highest BCUT2D eigenvalue weighted by atomic mass is 19.4. The van der Waals surface area contributed by atoms with Gasteiger partial charge in [0.15, 0.2) is 0 Å². The van der Waals surface area contributed by atoms with E-state index in [4.69, 9.17) is 4.98 Å². The van der Waals surface area contributed by atoms with E-state index in [0.717, 1.165) is 11.1 Å². The van der Waals surface area contributed by atoms with Crippen LogP contribution >= 0.6 is 0 Å². The molecule has 2 aromatic heterocycles. The predicted octanol–water partition coefficient (Wildman–Crippen LogP) is 6.66. The zero-order chi connectivity index (χ0) is 35.9. The molecule has 264 valence electrons. The van der Waals surface area contributed by atoms with Crippen LogP contribution in [0.5, 0.6) is 0 Å². The zero-order valence-corrected chi connectivity index (χ0v) is 27.3. The van der Waals surface area contributed by atoms with Gasteiger partial charge in [-0.05, 0) is 62.8 Å². The first-order valence-corrected chi connectivity index (χ1v) is 15.9. The van der Waals surface area contributed by atoms with E-state index < -0.39 is 35.6 Å². The van der Waals surface area contributed by atoms with Crippen molar-refractivity contribution in [2.45, 2.75) is 65.2 Å². The lowest BCUT2D eigenvalue weighted by atomic mass is 10.0. The Morgan fingerprint density at radius 3 is 1.65 bits per heavy atom. The highest BCUT2D eigenvalue weighted by molar-refractivity contribution is 5.87. The molecule has 2 unspecified atom stereocenters. The Hall–Kier alpha value is -5.85. The van der Waals surface area contributed by atoms with Gasteiger partial charge in [0.2, 0.25) is 17.6 Å². The maximum absolute atomic E-state index is 13.4. The van der Waals surface area contributed by atoms with Crippen LogP contribution in [0.2, 0.25) is 0 Å². The third kappa shape index (κ3) is 6.96. The van der Waals surface area contributed by atoms with E-state index in [0.29, 0.717) is 57.5 Å². The number of aromatic nitrogens is 4. The average Bonchev–Trinajstić information content (AvgIpc) is 3.06. The van der Waals surface area contributed by atoms with Crippen LogP contribution in [0.15, 0.2) is 101 Å². The molecule has 0 bridgehead atoms. The van der Waals surface area contributed by atoms with E-state index in [1.807, 2.05) is 55.5 Å². The SMILES string of the molecule is C.C=C1CCC(n2c(-c3ccccc3)nc3cccc(C)c3c2=O)C(=O)N1.C=C1CCC(n2c(C(F)(F)F)nc3cccc(C)c3c2=O)C(=O)N1. The lowest BCUT2D eigenvalue weighted by Crippen LogP contribution is -2.43. The summed E-state index contributed by atoms with van der Waals surface area (Å²) in [6.45, 7) is 10.9. The van der Waals surface area contributed by atoms with Crippen LogP contribution in [0.1, 0.15) is 62.1 Å². The molecular weight excluding hydrogens is 661 g/mol. The summed E-state index contributed by atoms with van der Waals surface area (Å²) in [6.07, 6.45) is -3.32. The molecule has 2 fully saturated rings. The van der Waals surface area contributed by atoms with Gasteiger partial charge in [0, 0.05) is 17.0 Å². The standard InChI is InChI=1S/C21H19N3O2.C16H14F3N3O2.CH4/c1-13-7-6-10-16-18(13)21(26)24(17-12-11-14(2)22-20(17)25)19(23-16)15-8-4-3-5-9-15;1-8-4-3-5-10-12(8)14(24)22(15(21-10)16(17,18)19)11-7-6-9(2)20-13(11)23;/h3-10,17H,2,11-12H2,1H3,(H,22,25);3-5,11H,2,6-7H2,1H3,(H,20,23);1H4. The number of nitrogens with zero attached hydrogens (tertiary/aromatic N) is 4. The highest BCUT2D eigenvalue weighted by Gasteiger charge is 2.41. The molecule has 2 aliphatic rings. The van der Waals surface area contributed by atoms with Crippen LogP contribution in [0.3, 0.4) is 0 Å². The minimum absolute atomic E-state index is 0. The predicted molar refractivity (Wildman–Crippen MR) is 190 cm³/mol. The molecule has 51 heavy (non-hydrogen) atoms. The van der Waals surface area contributed by atoms with Crippen molar-refractivity contribution in [1.29, 1.82) is 0 Å². The average molecular weight is 699 g/mol. The van der Waals surface area contributed by atoms with Gasteiger partial charge in [-0.3, -0.25) is 28.3 Å². The highest BCUT2D eigenvalue weighted by Crippen LogP contribution is 2.33. The van der Waals surface area contributed by atoms with E-state index in [1.165, 1.54) is 12.1 Å². The summed E-state index contributed by atoms with van der Waals surface area (Å²) in [5, 5.41) is 5.83.